The van der Waals surface area contributed by atoms with Gasteiger partial charge < -0.3 is 10.4 Å². The van der Waals surface area contributed by atoms with Crippen molar-refractivity contribution in [2.75, 3.05) is 11.9 Å². The second-order valence-corrected chi connectivity index (χ2v) is 6.33. The van der Waals surface area contributed by atoms with Gasteiger partial charge >= 0.3 is 0 Å². The van der Waals surface area contributed by atoms with Crippen LogP contribution in [-0.2, 0) is 0 Å². The average molecular weight is 340 g/mol. The molecule has 2 N–H and O–H groups in total. The van der Waals surface area contributed by atoms with Gasteiger partial charge in [0.15, 0.2) is 0 Å². The third-order valence-electron chi connectivity index (χ3n) is 2.49. The molecule has 2 rings (SSSR count). The number of aliphatic hydroxyl groups is 1. The molecule has 2 aromatic rings. The Bertz CT molecular complexity index is 716. The molecule has 0 radical (unpaired) electrons. The fourth-order valence-corrected chi connectivity index (χ4v) is 3.05. The van der Waals surface area contributed by atoms with E-state index < -0.39 is 0 Å². The minimum absolute atomic E-state index is 0.0286. The van der Waals surface area contributed by atoms with Crippen molar-refractivity contribution in [1.82, 2.24) is 0 Å². The minimum Gasteiger partial charge on any atom is -0.395 e. The Hall–Kier alpha value is -1.51. The van der Waals surface area contributed by atoms with Crippen LogP contribution in [0.4, 0.5) is 5.69 Å². The molecule has 3 nitrogen and oxygen atoms in total. The van der Waals surface area contributed by atoms with E-state index in [1.165, 1.54) is 6.07 Å². The number of carbonyl (C=O) groups excluding carboxylic acids is 1. The first kappa shape index (κ1) is 15.9. The molecule has 0 fully saturated rings. The fraction of sp³-hybridized carbons (Fsp3) is 0.133. The number of rotatable bonds is 3. The van der Waals surface area contributed by atoms with Gasteiger partial charge in [0.05, 0.1) is 16.5 Å². The topological polar surface area (TPSA) is 49.3 Å². The van der Waals surface area contributed by atoms with Crippen LogP contribution in [0.25, 0.3) is 0 Å². The molecule has 0 bridgehead atoms. The van der Waals surface area contributed by atoms with Crippen molar-refractivity contribution >= 4 is 46.1 Å². The first-order valence-electron chi connectivity index (χ1n) is 6.06. The number of anilines is 1. The maximum absolute atomic E-state index is 12.1. The largest absolute Gasteiger partial charge is 0.395 e. The summed E-state index contributed by atoms with van der Waals surface area (Å²) in [6.45, 7) is 0.0286. The first-order chi connectivity index (χ1) is 10.1. The Morgan fingerprint density at radius 2 is 2.14 bits per heavy atom. The van der Waals surface area contributed by atoms with Gasteiger partial charge in [-0.25, -0.2) is 0 Å². The van der Waals surface area contributed by atoms with E-state index in [2.05, 4.69) is 17.2 Å². The lowest BCUT2D eigenvalue weighted by Crippen LogP contribution is -2.11. The number of benzene rings is 1. The fourth-order valence-electron chi connectivity index (χ4n) is 1.59. The molecule has 0 aliphatic heterocycles. The van der Waals surface area contributed by atoms with Gasteiger partial charge in [-0.3, -0.25) is 4.79 Å². The van der Waals surface area contributed by atoms with Crippen molar-refractivity contribution in [3.05, 3.63) is 50.1 Å². The number of nitrogens with one attached hydrogen (secondary N) is 1. The Kier molecular flexibility index (Phi) is 5.66. The Balaban J connectivity index is 2.13. The SMILES string of the molecule is O=C(Nc1cccc(C#CCCO)c1)c1cc(Cl)sc1Cl. The van der Waals surface area contributed by atoms with Crippen LogP contribution in [0.15, 0.2) is 30.3 Å². The summed E-state index contributed by atoms with van der Waals surface area (Å²) in [6.07, 6.45) is 0.416. The lowest BCUT2D eigenvalue weighted by atomic mass is 10.2. The van der Waals surface area contributed by atoms with Crippen LogP contribution >= 0.6 is 34.5 Å². The molecule has 6 heteroatoms. The summed E-state index contributed by atoms with van der Waals surface area (Å²) in [5, 5.41) is 11.4. The molecule has 0 atom stereocenters. The molecule has 0 saturated heterocycles. The Labute approximate surface area is 136 Å². The van der Waals surface area contributed by atoms with Crippen LogP contribution in [0.2, 0.25) is 8.67 Å². The molecule has 0 spiro atoms. The molecule has 1 amide bonds. The van der Waals surface area contributed by atoms with Crippen molar-refractivity contribution < 1.29 is 9.90 Å². The van der Waals surface area contributed by atoms with E-state index in [1.807, 2.05) is 6.07 Å². The first-order valence-corrected chi connectivity index (χ1v) is 7.63. The number of hydrogen-bond acceptors (Lipinski definition) is 3. The second kappa shape index (κ2) is 7.48. The van der Waals surface area contributed by atoms with E-state index in [0.717, 1.165) is 16.9 Å². The highest BCUT2D eigenvalue weighted by atomic mass is 35.5. The van der Waals surface area contributed by atoms with Crippen molar-refractivity contribution in [3.8, 4) is 11.8 Å². The number of hydrogen-bond donors (Lipinski definition) is 2. The highest BCUT2D eigenvalue weighted by molar-refractivity contribution is 7.20. The van der Waals surface area contributed by atoms with E-state index in [-0.39, 0.29) is 12.5 Å². The summed E-state index contributed by atoms with van der Waals surface area (Å²) in [6, 6.07) is 8.67. The Morgan fingerprint density at radius 1 is 1.33 bits per heavy atom. The van der Waals surface area contributed by atoms with Gasteiger partial charge in [0.1, 0.15) is 4.34 Å². The van der Waals surface area contributed by atoms with E-state index >= 15 is 0 Å². The van der Waals surface area contributed by atoms with Crippen LogP contribution < -0.4 is 5.32 Å². The highest BCUT2D eigenvalue weighted by Crippen LogP contribution is 2.31. The smallest absolute Gasteiger partial charge is 0.258 e. The van der Waals surface area contributed by atoms with Gasteiger partial charge in [0.25, 0.3) is 5.91 Å². The third-order valence-corrected chi connectivity index (χ3v) is 3.98. The summed E-state index contributed by atoms with van der Waals surface area (Å²) in [7, 11) is 0. The zero-order valence-corrected chi connectivity index (χ0v) is 13.1. The minimum atomic E-state index is -0.316. The molecule has 0 saturated carbocycles. The summed E-state index contributed by atoms with van der Waals surface area (Å²) in [5.74, 6) is 5.42. The van der Waals surface area contributed by atoms with Crippen LogP contribution in [-0.4, -0.2) is 17.6 Å². The van der Waals surface area contributed by atoms with Crippen molar-refractivity contribution in [3.63, 3.8) is 0 Å². The summed E-state index contributed by atoms with van der Waals surface area (Å²) < 4.78 is 0.824. The number of carbonyl (C=O) groups is 1. The van der Waals surface area contributed by atoms with Gasteiger partial charge in [0.2, 0.25) is 0 Å². The van der Waals surface area contributed by atoms with Crippen molar-refractivity contribution in [1.29, 1.82) is 0 Å². The van der Waals surface area contributed by atoms with E-state index in [1.54, 1.807) is 18.2 Å². The Morgan fingerprint density at radius 3 is 2.81 bits per heavy atom. The van der Waals surface area contributed by atoms with Crippen LogP contribution in [0, 0.1) is 11.8 Å². The van der Waals surface area contributed by atoms with Crippen LogP contribution in [0.1, 0.15) is 22.3 Å². The quantitative estimate of drug-likeness (QED) is 0.829. The predicted octanol–water partition coefficient (Wildman–Crippen LogP) is 4.04. The van der Waals surface area contributed by atoms with Crippen LogP contribution in [0.3, 0.4) is 0 Å². The summed E-state index contributed by atoms with van der Waals surface area (Å²) in [5.41, 5.74) is 1.73. The number of amides is 1. The summed E-state index contributed by atoms with van der Waals surface area (Å²) in [4.78, 5) is 12.1. The van der Waals surface area contributed by atoms with Gasteiger partial charge in [0, 0.05) is 17.7 Å². The summed E-state index contributed by atoms with van der Waals surface area (Å²) >= 11 is 12.9. The molecular weight excluding hydrogens is 329 g/mol. The predicted molar refractivity (Wildman–Crippen MR) is 87.3 cm³/mol. The lowest BCUT2D eigenvalue weighted by molar-refractivity contribution is 0.102. The van der Waals surface area contributed by atoms with Gasteiger partial charge in [-0.05, 0) is 24.3 Å². The zero-order valence-electron chi connectivity index (χ0n) is 10.8. The molecule has 1 aromatic carbocycles. The van der Waals surface area contributed by atoms with Gasteiger partial charge in [-0.1, -0.05) is 41.1 Å². The number of thiophene rings is 1. The van der Waals surface area contributed by atoms with E-state index in [4.69, 9.17) is 28.3 Å². The second-order valence-electron chi connectivity index (χ2n) is 4.05. The molecule has 0 unspecified atom stereocenters. The van der Waals surface area contributed by atoms with E-state index in [0.29, 0.717) is 26.3 Å². The average Bonchev–Trinajstić information content (AvgIpc) is 2.78. The van der Waals surface area contributed by atoms with Crippen LogP contribution in [0.5, 0.6) is 0 Å². The zero-order chi connectivity index (χ0) is 15.2. The molecule has 108 valence electrons. The molecule has 0 aliphatic rings. The number of aliphatic hydroxyl groups excluding tert-OH is 1. The highest BCUT2D eigenvalue weighted by Gasteiger charge is 2.14. The van der Waals surface area contributed by atoms with Crippen molar-refractivity contribution in [2.24, 2.45) is 0 Å². The number of halogens is 2. The van der Waals surface area contributed by atoms with E-state index in [9.17, 15) is 4.79 Å². The van der Waals surface area contributed by atoms with Gasteiger partial charge in [-0.2, -0.15) is 0 Å². The normalized spacial score (nSPS) is 9.86. The molecule has 0 aliphatic carbocycles. The monoisotopic (exact) mass is 339 g/mol. The molecule has 21 heavy (non-hydrogen) atoms. The maximum atomic E-state index is 12.1. The van der Waals surface area contributed by atoms with Crippen molar-refractivity contribution in [2.45, 2.75) is 6.42 Å². The molecule has 1 aromatic heterocycles. The third kappa shape index (κ3) is 4.48. The molecule has 1 heterocycles. The standard InChI is InChI=1S/C15H11Cl2NO2S/c16-13-9-12(14(17)21-13)15(20)18-11-6-3-5-10(8-11)4-1-2-7-19/h3,5-6,8-9,19H,2,7H2,(H,18,20). The molecular formula is C15H11Cl2NO2S. The maximum Gasteiger partial charge on any atom is 0.258 e. The lowest BCUT2D eigenvalue weighted by Gasteiger charge is -2.04. The van der Waals surface area contributed by atoms with Gasteiger partial charge in [-0.15, -0.1) is 11.3 Å².